The molecule has 0 saturated carbocycles. The Labute approximate surface area is 206 Å². The number of rotatable bonds is 5. The number of halogens is 2. The van der Waals surface area contributed by atoms with E-state index in [9.17, 15) is 19.1 Å². The zero-order chi connectivity index (χ0) is 24.6. The smallest absolute Gasteiger partial charge is 0.338 e. The van der Waals surface area contributed by atoms with E-state index < -0.39 is 17.8 Å². The average molecular weight is 547 g/mol. The predicted molar refractivity (Wildman–Crippen MR) is 129 cm³/mol. The van der Waals surface area contributed by atoms with Crippen LogP contribution in [-0.4, -0.2) is 29.4 Å². The van der Waals surface area contributed by atoms with Crippen LogP contribution in [0, 0.1) is 5.82 Å². The van der Waals surface area contributed by atoms with Crippen LogP contribution < -0.4 is 19.6 Å². The molecule has 0 amide bonds. The van der Waals surface area contributed by atoms with E-state index in [-0.39, 0.29) is 29.2 Å². The highest BCUT2D eigenvalue weighted by Crippen LogP contribution is 2.35. The summed E-state index contributed by atoms with van der Waals surface area (Å²) in [6.07, 6.45) is 1.65. The Bertz CT molecular complexity index is 1490. The minimum atomic E-state index is -0.820. The van der Waals surface area contributed by atoms with E-state index in [1.807, 2.05) is 0 Å². The molecule has 34 heavy (non-hydrogen) atoms. The van der Waals surface area contributed by atoms with Crippen molar-refractivity contribution in [1.29, 1.82) is 0 Å². The van der Waals surface area contributed by atoms with Gasteiger partial charge in [0.25, 0.3) is 5.56 Å². The highest BCUT2D eigenvalue weighted by Gasteiger charge is 2.33. The molecular weight excluding hydrogens is 527 g/mol. The molecule has 4 rings (SSSR count). The lowest BCUT2D eigenvalue weighted by Gasteiger charge is -2.24. The van der Waals surface area contributed by atoms with Gasteiger partial charge in [-0.2, -0.15) is 0 Å². The Morgan fingerprint density at radius 1 is 1.32 bits per heavy atom. The number of benzene rings is 2. The minimum absolute atomic E-state index is 0.0490. The summed E-state index contributed by atoms with van der Waals surface area (Å²) in [5, 5.41) is 10.1. The standard InChI is InChI=1S/C24H20BrFN2O5S/c1-4-33-23(31)19-12(2)27-24-28(20(19)14-5-7-15(26)8-6-14)22(30)18(34-24)11-13-9-16(25)21(29)17(10-13)32-3/h5-11,20,29H,4H2,1-3H3/b18-11-/t20-/m0/s1. The summed E-state index contributed by atoms with van der Waals surface area (Å²) in [6.45, 7) is 3.54. The number of aromatic nitrogens is 1. The second-order valence-electron chi connectivity index (χ2n) is 7.41. The van der Waals surface area contributed by atoms with E-state index in [1.165, 1.54) is 35.9 Å². The number of thiazole rings is 1. The van der Waals surface area contributed by atoms with Gasteiger partial charge in [-0.25, -0.2) is 14.2 Å². The number of nitrogens with zero attached hydrogens (tertiary/aromatic N) is 2. The number of hydrogen-bond acceptors (Lipinski definition) is 7. The molecule has 0 bridgehead atoms. The first kappa shape index (κ1) is 23.9. The Morgan fingerprint density at radius 2 is 2.03 bits per heavy atom. The number of carbonyl (C=O) groups is 1. The van der Waals surface area contributed by atoms with E-state index in [2.05, 4.69) is 20.9 Å². The first-order valence-electron chi connectivity index (χ1n) is 10.3. The number of allylic oxidation sites excluding steroid dienone is 1. The molecule has 1 aromatic heterocycles. The van der Waals surface area contributed by atoms with Crippen LogP contribution in [0.25, 0.3) is 6.08 Å². The summed E-state index contributed by atoms with van der Waals surface area (Å²) in [5.41, 5.74) is 1.46. The third-order valence-electron chi connectivity index (χ3n) is 5.27. The van der Waals surface area contributed by atoms with Crippen molar-refractivity contribution in [2.45, 2.75) is 19.9 Å². The molecule has 0 aliphatic carbocycles. The third kappa shape index (κ3) is 4.30. The molecule has 0 radical (unpaired) electrons. The van der Waals surface area contributed by atoms with Gasteiger partial charge < -0.3 is 14.6 Å². The molecule has 7 nitrogen and oxygen atoms in total. The number of aromatic hydroxyl groups is 1. The van der Waals surface area contributed by atoms with Gasteiger partial charge in [0.05, 0.1) is 40.0 Å². The fourth-order valence-electron chi connectivity index (χ4n) is 3.74. The fourth-order valence-corrected chi connectivity index (χ4v) is 5.24. The van der Waals surface area contributed by atoms with Gasteiger partial charge in [-0.1, -0.05) is 23.5 Å². The van der Waals surface area contributed by atoms with E-state index in [4.69, 9.17) is 9.47 Å². The molecule has 1 atom stereocenters. The van der Waals surface area contributed by atoms with Crippen molar-refractivity contribution in [3.8, 4) is 11.5 Å². The van der Waals surface area contributed by atoms with E-state index in [0.29, 0.717) is 30.6 Å². The van der Waals surface area contributed by atoms with Crippen molar-refractivity contribution in [3.63, 3.8) is 0 Å². The number of ether oxygens (including phenoxy) is 2. The summed E-state index contributed by atoms with van der Waals surface area (Å²) in [7, 11) is 1.43. The lowest BCUT2D eigenvalue weighted by molar-refractivity contribution is -0.139. The molecule has 0 fully saturated rings. The molecule has 2 aromatic carbocycles. The van der Waals surface area contributed by atoms with Crippen LogP contribution in [-0.2, 0) is 9.53 Å². The van der Waals surface area contributed by atoms with Gasteiger partial charge >= 0.3 is 5.97 Å². The maximum atomic E-state index is 13.6. The number of esters is 1. The summed E-state index contributed by atoms with van der Waals surface area (Å²) in [4.78, 5) is 31.3. The number of phenolic OH excluding ortho intramolecular Hbond substituents is 1. The van der Waals surface area contributed by atoms with Crippen LogP contribution in [0.4, 0.5) is 4.39 Å². The normalized spacial score (nSPS) is 15.7. The average Bonchev–Trinajstić information content (AvgIpc) is 3.10. The van der Waals surface area contributed by atoms with Gasteiger partial charge in [0.15, 0.2) is 16.3 Å². The highest BCUT2D eigenvalue weighted by atomic mass is 79.9. The van der Waals surface area contributed by atoms with Crippen LogP contribution in [0.5, 0.6) is 11.5 Å². The highest BCUT2D eigenvalue weighted by molar-refractivity contribution is 9.10. The monoisotopic (exact) mass is 546 g/mol. The molecule has 1 N–H and O–H groups in total. The minimum Gasteiger partial charge on any atom is -0.503 e. The zero-order valence-electron chi connectivity index (χ0n) is 18.5. The van der Waals surface area contributed by atoms with E-state index in [0.717, 1.165) is 11.3 Å². The van der Waals surface area contributed by atoms with Gasteiger partial charge in [0.2, 0.25) is 0 Å². The molecule has 2 heterocycles. The first-order chi connectivity index (χ1) is 16.2. The van der Waals surface area contributed by atoms with Crippen molar-refractivity contribution in [3.05, 3.63) is 88.8 Å². The summed E-state index contributed by atoms with van der Waals surface area (Å²) in [5.74, 6) is -0.814. The molecule has 3 aromatic rings. The quantitative estimate of drug-likeness (QED) is 0.495. The summed E-state index contributed by atoms with van der Waals surface area (Å²) < 4.78 is 26.3. The van der Waals surface area contributed by atoms with E-state index >= 15 is 0 Å². The van der Waals surface area contributed by atoms with Crippen molar-refractivity contribution < 1.29 is 23.8 Å². The number of phenols is 1. The third-order valence-corrected chi connectivity index (χ3v) is 6.86. The molecule has 0 spiro atoms. The molecule has 0 unspecified atom stereocenters. The lowest BCUT2D eigenvalue weighted by Crippen LogP contribution is -2.39. The van der Waals surface area contributed by atoms with Crippen LogP contribution in [0.15, 0.2) is 61.9 Å². The predicted octanol–water partition coefficient (Wildman–Crippen LogP) is 3.41. The largest absolute Gasteiger partial charge is 0.503 e. The van der Waals surface area contributed by atoms with Crippen LogP contribution in [0.2, 0.25) is 0 Å². The lowest BCUT2D eigenvalue weighted by atomic mass is 9.96. The van der Waals surface area contributed by atoms with Crippen molar-refractivity contribution in [2.75, 3.05) is 13.7 Å². The van der Waals surface area contributed by atoms with Gasteiger partial charge in [-0.05, 0) is 71.2 Å². The fraction of sp³-hybridized carbons (Fsp3) is 0.208. The van der Waals surface area contributed by atoms with Gasteiger partial charge in [-0.3, -0.25) is 9.36 Å². The molecule has 10 heteroatoms. The SMILES string of the molecule is CCOC(=O)C1=C(C)N=c2s/c(=C\c3cc(Br)c(O)c(OC)c3)c(=O)n2[C@H]1c1ccc(F)cc1. The number of fused-ring (bicyclic) bond motifs is 1. The Kier molecular flexibility index (Phi) is 6.72. The van der Waals surface area contributed by atoms with E-state index in [1.54, 1.807) is 32.1 Å². The number of carbonyl (C=O) groups excluding carboxylic acids is 1. The van der Waals surface area contributed by atoms with Crippen molar-refractivity contribution >= 4 is 39.3 Å². The summed E-state index contributed by atoms with van der Waals surface area (Å²) >= 11 is 4.44. The molecule has 176 valence electrons. The maximum absolute atomic E-state index is 13.6. The topological polar surface area (TPSA) is 90.1 Å². The van der Waals surface area contributed by atoms with Crippen molar-refractivity contribution in [2.24, 2.45) is 4.99 Å². The number of hydrogen-bond donors (Lipinski definition) is 1. The Hall–Kier alpha value is -3.24. The van der Waals surface area contributed by atoms with Gasteiger partial charge in [-0.15, -0.1) is 0 Å². The van der Waals surface area contributed by atoms with Crippen LogP contribution in [0.1, 0.15) is 31.0 Å². The Balaban J connectivity index is 1.95. The van der Waals surface area contributed by atoms with Crippen molar-refractivity contribution in [1.82, 2.24) is 4.57 Å². The zero-order valence-corrected chi connectivity index (χ0v) is 20.9. The first-order valence-corrected chi connectivity index (χ1v) is 11.9. The second-order valence-corrected chi connectivity index (χ2v) is 9.27. The van der Waals surface area contributed by atoms with Gasteiger partial charge in [0, 0.05) is 0 Å². The van der Waals surface area contributed by atoms with Gasteiger partial charge in [0.1, 0.15) is 5.82 Å². The van der Waals surface area contributed by atoms with Crippen LogP contribution >= 0.6 is 27.3 Å². The molecule has 1 aliphatic rings. The molecular formula is C24H20BrFN2O5S. The maximum Gasteiger partial charge on any atom is 0.338 e. The summed E-state index contributed by atoms with van der Waals surface area (Å²) in [6, 6.07) is 8.08. The molecule has 0 saturated heterocycles. The molecule has 1 aliphatic heterocycles. The Morgan fingerprint density at radius 3 is 2.68 bits per heavy atom. The second kappa shape index (κ2) is 9.55. The number of methoxy groups -OCH3 is 1. The van der Waals surface area contributed by atoms with Crippen LogP contribution in [0.3, 0.4) is 0 Å².